The van der Waals surface area contributed by atoms with Crippen LogP contribution in [0.1, 0.15) is 53.7 Å². The molecule has 0 amide bonds. The number of nitrogens with zero attached hydrogens (tertiary/aromatic N) is 2. The van der Waals surface area contributed by atoms with E-state index in [1.165, 1.54) is 17.5 Å². The number of carbonyl (C=O) groups excluding carboxylic acids is 1. The number of aromatic nitrogens is 2. The van der Waals surface area contributed by atoms with E-state index < -0.39 is 16.0 Å². The summed E-state index contributed by atoms with van der Waals surface area (Å²) in [5.41, 5.74) is 1.86. The Labute approximate surface area is 163 Å². The number of ether oxygens (including phenoxy) is 1. The normalized spacial score (nSPS) is 16.8. The summed E-state index contributed by atoms with van der Waals surface area (Å²) < 4.78 is 35.4. The molecule has 27 heavy (non-hydrogen) atoms. The highest BCUT2D eigenvalue weighted by atomic mass is 32.2. The van der Waals surface area contributed by atoms with Crippen LogP contribution < -0.4 is 4.72 Å². The van der Waals surface area contributed by atoms with Gasteiger partial charge in [0.25, 0.3) is 10.0 Å². The molecule has 0 aromatic carbocycles. The second kappa shape index (κ2) is 7.63. The van der Waals surface area contributed by atoms with Crippen molar-refractivity contribution in [3.05, 3.63) is 27.9 Å². The molecule has 0 radical (unpaired) electrons. The molecule has 148 valence electrons. The number of hydrogen-bond donors (Lipinski definition) is 1. The van der Waals surface area contributed by atoms with Gasteiger partial charge in [-0.05, 0) is 51.5 Å². The standard InChI is InChI=1S/C18H25N3O4S2/c1-5-21-12(4)15(10-19-21)27(23,24)20-17-16(18(22)25-6-2)13-8-7-11(3)9-14(13)26-17/h10-11,20H,5-9H2,1-4H3. The van der Waals surface area contributed by atoms with Gasteiger partial charge in [-0.2, -0.15) is 5.10 Å². The summed E-state index contributed by atoms with van der Waals surface area (Å²) in [4.78, 5) is 13.7. The molecule has 0 bridgehead atoms. The van der Waals surface area contributed by atoms with Crippen molar-refractivity contribution < 1.29 is 17.9 Å². The molecule has 7 nitrogen and oxygen atoms in total. The lowest BCUT2D eigenvalue weighted by Gasteiger charge is -2.18. The molecule has 1 atom stereocenters. The lowest BCUT2D eigenvalue weighted by Crippen LogP contribution is -2.17. The van der Waals surface area contributed by atoms with Gasteiger partial charge in [0.15, 0.2) is 0 Å². The Morgan fingerprint density at radius 2 is 2.19 bits per heavy atom. The number of esters is 1. The molecule has 0 aliphatic heterocycles. The van der Waals surface area contributed by atoms with Crippen LogP contribution >= 0.6 is 11.3 Å². The molecular weight excluding hydrogens is 386 g/mol. The largest absolute Gasteiger partial charge is 0.462 e. The third-order valence-corrected chi connectivity index (χ3v) is 7.62. The van der Waals surface area contributed by atoms with E-state index in [9.17, 15) is 13.2 Å². The van der Waals surface area contributed by atoms with E-state index in [0.29, 0.717) is 28.7 Å². The van der Waals surface area contributed by atoms with Gasteiger partial charge in [0, 0.05) is 11.4 Å². The highest BCUT2D eigenvalue weighted by Crippen LogP contribution is 2.41. The van der Waals surface area contributed by atoms with E-state index >= 15 is 0 Å². The van der Waals surface area contributed by atoms with Gasteiger partial charge in [0.05, 0.1) is 24.1 Å². The molecule has 1 N–H and O–H groups in total. The second-order valence-corrected chi connectivity index (χ2v) is 9.55. The van der Waals surface area contributed by atoms with Gasteiger partial charge in [-0.25, -0.2) is 13.2 Å². The van der Waals surface area contributed by atoms with Crippen molar-refractivity contribution in [1.82, 2.24) is 9.78 Å². The second-order valence-electron chi connectivity index (χ2n) is 6.79. The van der Waals surface area contributed by atoms with Crippen molar-refractivity contribution in [2.24, 2.45) is 5.92 Å². The SMILES string of the molecule is CCOC(=O)c1c(NS(=O)(=O)c2cnn(CC)c2C)sc2c1CCC(C)C2. The minimum Gasteiger partial charge on any atom is -0.462 e. The molecule has 1 aliphatic rings. The minimum atomic E-state index is -3.85. The molecule has 0 saturated carbocycles. The zero-order valence-electron chi connectivity index (χ0n) is 16.0. The van der Waals surface area contributed by atoms with E-state index in [-0.39, 0.29) is 11.5 Å². The van der Waals surface area contributed by atoms with Crippen LogP contribution in [0, 0.1) is 12.8 Å². The van der Waals surface area contributed by atoms with Crippen molar-refractivity contribution in [2.75, 3.05) is 11.3 Å². The highest BCUT2D eigenvalue weighted by Gasteiger charge is 2.31. The fourth-order valence-corrected chi connectivity index (χ4v) is 6.31. The van der Waals surface area contributed by atoms with Crippen LogP contribution in [-0.2, 0) is 34.1 Å². The van der Waals surface area contributed by atoms with Crippen LogP contribution in [0.25, 0.3) is 0 Å². The Morgan fingerprint density at radius 1 is 1.44 bits per heavy atom. The Balaban J connectivity index is 2.03. The van der Waals surface area contributed by atoms with Gasteiger partial charge in [0.2, 0.25) is 0 Å². The Morgan fingerprint density at radius 3 is 2.81 bits per heavy atom. The first kappa shape index (κ1) is 19.9. The quantitative estimate of drug-likeness (QED) is 0.736. The predicted molar refractivity (Wildman–Crippen MR) is 105 cm³/mol. The summed E-state index contributed by atoms with van der Waals surface area (Å²) in [7, 11) is -3.85. The van der Waals surface area contributed by atoms with Crippen molar-refractivity contribution in [3.63, 3.8) is 0 Å². The van der Waals surface area contributed by atoms with E-state index in [2.05, 4.69) is 16.7 Å². The van der Waals surface area contributed by atoms with E-state index in [1.807, 2.05) is 6.92 Å². The number of hydrogen-bond acceptors (Lipinski definition) is 6. The van der Waals surface area contributed by atoms with Gasteiger partial charge >= 0.3 is 5.97 Å². The number of rotatable bonds is 6. The number of carbonyl (C=O) groups is 1. The molecule has 2 aromatic heterocycles. The van der Waals surface area contributed by atoms with Gasteiger partial charge < -0.3 is 4.74 Å². The van der Waals surface area contributed by atoms with Crippen molar-refractivity contribution in [1.29, 1.82) is 0 Å². The number of anilines is 1. The molecule has 0 spiro atoms. The molecule has 9 heteroatoms. The van der Waals surface area contributed by atoms with Crippen LogP contribution in [-0.4, -0.2) is 30.8 Å². The number of nitrogens with one attached hydrogen (secondary N) is 1. The number of fused-ring (bicyclic) bond motifs is 1. The maximum Gasteiger partial charge on any atom is 0.341 e. The third-order valence-electron chi connectivity index (χ3n) is 4.87. The molecule has 1 unspecified atom stereocenters. The molecule has 0 fully saturated rings. The van der Waals surface area contributed by atoms with Crippen LogP contribution in [0.5, 0.6) is 0 Å². The number of thiophene rings is 1. The highest BCUT2D eigenvalue weighted by molar-refractivity contribution is 7.93. The predicted octanol–water partition coefficient (Wildman–Crippen LogP) is 3.38. The summed E-state index contributed by atoms with van der Waals surface area (Å²) in [6, 6.07) is 0. The molecule has 3 rings (SSSR count). The fourth-order valence-electron chi connectivity index (χ4n) is 3.43. The minimum absolute atomic E-state index is 0.124. The Bertz CT molecular complexity index is 960. The zero-order chi connectivity index (χ0) is 19.8. The van der Waals surface area contributed by atoms with Gasteiger partial charge in [0.1, 0.15) is 9.90 Å². The fraction of sp³-hybridized carbons (Fsp3) is 0.556. The summed E-state index contributed by atoms with van der Waals surface area (Å²) in [5.74, 6) is 0.0453. The summed E-state index contributed by atoms with van der Waals surface area (Å²) in [5, 5.41) is 4.46. The lowest BCUT2D eigenvalue weighted by atomic mass is 9.88. The van der Waals surface area contributed by atoms with Crippen molar-refractivity contribution in [3.8, 4) is 0 Å². The van der Waals surface area contributed by atoms with E-state index in [0.717, 1.165) is 29.7 Å². The number of sulfonamides is 1. The molecule has 0 saturated heterocycles. The maximum absolute atomic E-state index is 13.0. The van der Waals surface area contributed by atoms with Crippen LogP contribution in [0.4, 0.5) is 5.00 Å². The van der Waals surface area contributed by atoms with Gasteiger partial charge in [-0.3, -0.25) is 9.40 Å². The average molecular weight is 412 g/mol. The van der Waals surface area contributed by atoms with Gasteiger partial charge in [-0.15, -0.1) is 11.3 Å². The van der Waals surface area contributed by atoms with E-state index in [4.69, 9.17) is 4.74 Å². The first-order valence-electron chi connectivity index (χ1n) is 9.15. The van der Waals surface area contributed by atoms with Crippen LogP contribution in [0.3, 0.4) is 0 Å². The molecule has 1 aliphatic carbocycles. The average Bonchev–Trinajstić information content (AvgIpc) is 3.14. The molecular formula is C18H25N3O4S2. The summed E-state index contributed by atoms with van der Waals surface area (Å²) in [6.45, 7) is 8.36. The monoisotopic (exact) mass is 411 g/mol. The topological polar surface area (TPSA) is 90.3 Å². The van der Waals surface area contributed by atoms with Crippen molar-refractivity contribution >= 4 is 32.3 Å². The smallest absolute Gasteiger partial charge is 0.341 e. The van der Waals surface area contributed by atoms with Crippen molar-refractivity contribution in [2.45, 2.75) is 58.4 Å². The van der Waals surface area contributed by atoms with Crippen LogP contribution in [0.15, 0.2) is 11.1 Å². The Hall–Kier alpha value is -1.87. The lowest BCUT2D eigenvalue weighted by molar-refractivity contribution is 0.0526. The molecule has 2 aromatic rings. The third kappa shape index (κ3) is 3.75. The maximum atomic E-state index is 13.0. The molecule has 2 heterocycles. The first-order chi connectivity index (χ1) is 12.8. The Kier molecular flexibility index (Phi) is 5.62. The summed E-state index contributed by atoms with van der Waals surface area (Å²) in [6.07, 6.45) is 3.93. The van der Waals surface area contributed by atoms with Gasteiger partial charge in [-0.1, -0.05) is 6.92 Å². The summed E-state index contributed by atoms with van der Waals surface area (Å²) >= 11 is 1.34. The first-order valence-corrected chi connectivity index (χ1v) is 11.4. The van der Waals surface area contributed by atoms with Crippen LogP contribution in [0.2, 0.25) is 0 Å². The van der Waals surface area contributed by atoms with E-state index in [1.54, 1.807) is 18.5 Å². The zero-order valence-corrected chi connectivity index (χ0v) is 17.7. The number of aryl methyl sites for hydroxylation is 1.